The van der Waals surface area contributed by atoms with Crippen molar-refractivity contribution in [1.82, 2.24) is 5.32 Å². The van der Waals surface area contributed by atoms with Crippen LogP contribution in [0.2, 0.25) is 0 Å². The van der Waals surface area contributed by atoms with Crippen molar-refractivity contribution in [3.05, 3.63) is 0 Å². The summed E-state index contributed by atoms with van der Waals surface area (Å²) < 4.78 is 5.91. The third kappa shape index (κ3) is 4.43. The molecule has 84 valence electrons. The Balaban J connectivity index is 2.10. The van der Waals surface area contributed by atoms with Crippen LogP contribution in [0.3, 0.4) is 0 Å². The molecule has 1 N–H and O–H groups in total. The summed E-state index contributed by atoms with van der Waals surface area (Å²) in [5.74, 6) is 0.842. The number of hydrogen-bond donors (Lipinski definition) is 1. The molecular formula is C12H25NO. The first kappa shape index (κ1) is 12.0. The van der Waals surface area contributed by atoms with E-state index in [4.69, 9.17) is 4.74 Å². The van der Waals surface area contributed by atoms with Crippen LogP contribution in [0.25, 0.3) is 0 Å². The second kappa shape index (κ2) is 7.24. The summed E-state index contributed by atoms with van der Waals surface area (Å²) in [5.41, 5.74) is 0. The minimum atomic E-state index is 0.418. The van der Waals surface area contributed by atoms with Gasteiger partial charge < -0.3 is 10.1 Å². The van der Waals surface area contributed by atoms with Gasteiger partial charge in [0.25, 0.3) is 0 Å². The lowest BCUT2D eigenvalue weighted by atomic mass is 9.90. The lowest BCUT2D eigenvalue weighted by Gasteiger charge is -2.24. The highest BCUT2D eigenvalue weighted by Gasteiger charge is 2.15. The molecule has 0 radical (unpaired) electrons. The number of ether oxygens (including phenoxy) is 1. The zero-order valence-electron chi connectivity index (χ0n) is 9.72. The lowest BCUT2D eigenvalue weighted by Crippen LogP contribution is -2.28. The van der Waals surface area contributed by atoms with Gasteiger partial charge in [-0.05, 0) is 32.2 Å². The fourth-order valence-electron chi connectivity index (χ4n) is 2.17. The third-order valence-electron chi connectivity index (χ3n) is 3.18. The summed E-state index contributed by atoms with van der Waals surface area (Å²) in [4.78, 5) is 0. The lowest BCUT2D eigenvalue weighted by molar-refractivity contribution is 0.0202. The average molecular weight is 199 g/mol. The van der Waals surface area contributed by atoms with Gasteiger partial charge in [-0.15, -0.1) is 0 Å². The van der Waals surface area contributed by atoms with Crippen molar-refractivity contribution in [3.8, 4) is 0 Å². The second-order valence-corrected chi connectivity index (χ2v) is 4.43. The highest BCUT2D eigenvalue weighted by molar-refractivity contribution is 4.66. The van der Waals surface area contributed by atoms with E-state index in [0.29, 0.717) is 6.10 Å². The van der Waals surface area contributed by atoms with E-state index in [1.807, 2.05) is 7.05 Å². The molecule has 1 unspecified atom stereocenters. The number of rotatable bonds is 6. The van der Waals surface area contributed by atoms with Crippen molar-refractivity contribution in [2.45, 2.75) is 51.6 Å². The van der Waals surface area contributed by atoms with Gasteiger partial charge in [-0.2, -0.15) is 0 Å². The van der Waals surface area contributed by atoms with Gasteiger partial charge in [-0.1, -0.05) is 26.2 Å². The molecule has 0 saturated heterocycles. The van der Waals surface area contributed by atoms with E-state index < -0.39 is 0 Å². The Morgan fingerprint density at radius 2 is 2.00 bits per heavy atom. The molecule has 0 bridgehead atoms. The Morgan fingerprint density at radius 1 is 1.29 bits per heavy atom. The molecule has 1 aliphatic carbocycles. The summed E-state index contributed by atoms with van der Waals surface area (Å²) in [6.45, 7) is 4.17. The van der Waals surface area contributed by atoms with Crippen LogP contribution in [-0.2, 0) is 4.74 Å². The van der Waals surface area contributed by atoms with E-state index >= 15 is 0 Å². The molecule has 2 nitrogen and oxygen atoms in total. The smallest absolute Gasteiger partial charge is 0.0696 e. The van der Waals surface area contributed by atoms with Crippen LogP contribution in [0.4, 0.5) is 0 Å². The molecule has 0 amide bonds. The predicted octanol–water partition coefficient (Wildman–Crippen LogP) is 2.58. The van der Waals surface area contributed by atoms with Crippen LogP contribution in [0.1, 0.15) is 45.4 Å². The molecule has 0 spiro atoms. The molecule has 0 aliphatic heterocycles. The SMILES string of the molecule is CCC(CNC)OCC1CCCCC1. The Bertz CT molecular complexity index is 128. The predicted molar refractivity (Wildman–Crippen MR) is 60.5 cm³/mol. The molecule has 0 aromatic rings. The van der Waals surface area contributed by atoms with E-state index in [1.54, 1.807) is 0 Å². The summed E-state index contributed by atoms with van der Waals surface area (Å²) in [6, 6.07) is 0. The van der Waals surface area contributed by atoms with Crippen LogP contribution < -0.4 is 5.32 Å². The number of likely N-dealkylation sites (N-methyl/N-ethyl adjacent to an activating group) is 1. The maximum atomic E-state index is 5.91. The number of hydrogen-bond acceptors (Lipinski definition) is 2. The Morgan fingerprint density at radius 3 is 2.57 bits per heavy atom. The second-order valence-electron chi connectivity index (χ2n) is 4.43. The molecule has 1 rings (SSSR count). The highest BCUT2D eigenvalue weighted by Crippen LogP contribution is 2.24. The molecule has 0 aromatic heterocycles. The molecule has 0 heterocycles. The summed E-state index contributed by atoms with van der Waals surface area (Å²) in [5, 5.41) is 3.18. The van der Waals surface area contributed by atoms with Gasteiger partial charge >= 0.3 is 0 Å². The first-order valence-corrected chi connectivity index (χ1v) is 6.13. The van der Waals surface area contributed by atoms with Gasteiger partial charge in [0.1, 0.15) is 0 Å². The Kier molecular flexibility index (Phi) is 6.20. The first-order chi connectivity index (χ1) is 6.86. The molecule has 1 aliphatic rings. The molecule has 1 saturated carbocycles. The maximum Gasteiger partial charge on any atom is 0.0696 e. The fraction of sp³-hybridized carbons (Fsp3) is 1.00. The Labute approximate surface area is 88.4 Å². The minimum absolute atomic E-state index is 0.418. The minimum Gasteiger partial charge on any atom is -0.377 e. The number of nitrogens with one attached hydrogen (secondary N) is 1. The van der Waals surface area contributed by atoms with Gasteiger partial charge in [-0.3, -0.25) is 0 Å². The fourth-order valence-corrected chi connectivity index (χ4v) is 2.17. The van der Waals surface area contributed by atoms with E-state index in [2.05, 4.69) is 12.2 Å². The Hall–Kier alpha value is -0.0800. The van der Waals surface area contributed by atoms with Crippen molar-refractivity contribution in [1.29, 1.82) is 0 Å². The molecule has 0 aromatic carbocycles. The largest absolute Gasteiger partial charge is 0.377 e. The monoisotopic (exact) mass is 199 g/mol. The van der Waals surface area contributed by atoms with E-state index in [-0.39, 0.29) is 0 Å². The molecule has 1 atom stereocenters. The van der Waals surface area contributed by atoms with Gasteiger partial charge in [0.15, 0.2) is 0 Å². The van der Waals surface area contributed by atoms with Crippen molar-refractivity contribution in [2.24, 2.45) is 5.92 Å². The van der Waals surface area contributed by atoms with Crippen molar-refractivity contribution >= 4 is 0 Å². The van der Waals surface area contributed by atoms with Crippen molar-refractivity contribution in [3.63, 3.8) is 0 Å². The van der Waals surface area contributed by atoms with Gasteiger partial charge in [0, 0.05) is 13.2 Å². The molecular weight excluding hydrogens is 174 g/mol. The highest BCUT2D eigenvalue weighted by atomic mass is 16.5. The van der Waals surface area contributed by atoms with Crippen LogP contribution in [0.15, 0.2) is 0 Å². The maximum absolute atomic E-state index is 5.91. The zero-order chi connectivity index (χ0) is 10.2. The molecule has 14 heavy (non-hydrogen) atoms. The van der Waals surface area contributed by atoms with Crippen LogP contribution >= 0.6 is 0 Å². The average Bonchev–Trinajstić information content (AvgIpc) is 2.25. The van der Waals surface area contributed by atoms with E-state index in [1.165, 1.54) is 32.1 Å². The third-order valence-corrected chi connectivity index (χ3v) is 3.18. The summed E-state index contributed by atoms with van der Waals surface area (Å²) in [7, 11) is 1.99. The summed E-state index contributed by atoms with van der Waals surface area (Å²) >= 11 is 0. The van der Waals surface area contributed by atoms with E-state index in [9.17, 15) is 0 Å². The zero-order valence-corrected chi connectivity index (χ0v) is 9.72. The van der Waals surface area contributed by atoms with E-state index in [0.717, 1.165) is 25.5 Å². The van der Waals surface area contributed by atoms with Crippen molar-refractivity contribution < 1.29 is 4.74 Å². The van der Waals surface area contributed by atoms with Crippen LogP contribution in [0, 0.1) is 5.92 Å². The van der Waals surface area contributed by atoms with Crippen molar-refractivity contribution in [2.75, 3.05) is 20.2 Å². The molecule has 2 heteroatoms. The van der Waals surface area contributed by atoms with Gasteiger partial charge in [-0.25, -0.2) is 0 Å². The van der Waals surface area contributed by atoms with Crippen LogP contribution in [-0.4, -0.2) is 26.3 Å². The normalized spacial score (nSPS) is 21.0. The quantitative estimate of drug-likeness (QED) is 0.710. The molecule has 1 fully saturated rings. The first-order valence-electron chi connectivity index (χ1n) is 6.13. The van der Waals surface area contributed by atoms with Gasteiger partial charge in [0.2, 0.25) is 0 Å². The van der Waals surface area contributed by atoms with Gasteiger partial charge in [0.05, 0.1) is 6.10 Å². The van der Waals surface area contributed by atoms with Crippen LogP contribution in [0.5, 0.6) is 0 Å². The summed E-state index contributed by atoms with van der Waals surface area (Å²) in [6.07, 6.45) is 8.57. The standard InChI is InChI=1S/C12H25NO/c1-3-12(9-13-2)14-10-11-7-5-4-6-8-11/h11-13H,3-10H2,1-2H3. The topological polar surface area (TPSA) is 21.3 Å².